The summed E-state index contributed by atoms with van der Waals surface area (Å²) in [7, 11) is 0. The molecule has 170 valence electrons. The number of amides is 1. The maximum absolute atomic E-state index is 15.2. The van der Waals surface area contributed by atoms with Crippen molar-refractivity contribution < 1.29 is 13.9 Å². The zero-order chi connectivity index (χ0) is 23.2. The highest BCUT2D eigenvalue weighted by atomic mass is 35.5. The van der Waals surface area contributed by atoms with Crippen LogP contribution in [0.2, 0.25) is 10.0 Å². The van der Waals surface area contributed by atoms with E-state index in [0.29, 0.717) is 42.4 Å². The Morgan fingerprint density at radius 3 is 2.79 bits per heavy atom. The molecule has 3 aromatic rings. The highest BCUT2D eigenvalue weighted by Gasteiger charge is 2.60. The zero-order valence-electron chi connectivity index (χ0n) is 18.1. The Labute approximate surface area is 202 Å². The summed E-state index contributed by atoms with van der Waals surface area (Å²) in [5.41, 5.74) is 1.86. The van der Waals surface area contributed by atoms with Gasteiger partial charge in [0.2, 0.25) is 5.91 Å². The second-order valence-electron chi connectivity index (χ2n) is 8.40. The first-order chi connectivity index (χ1) is 15.9. The molecule has 2 atom stereocenters. The molecule has 4 nitrogen and oxygen atoms in total. The molecule has 2 heterocycles. The van der Waals surface area contributed by atoms with E-state index in [1.54, 1.807) is 24.3 Å². The van der Waals surface area contributed by atoms with E-state index in [4.69, 9.17) is 27.9 Å². The lowest BCUT2D eigenvalue weighted by molar-refractivity contribution is -0.127. The van der Waals surface area contributed by atoms with Crippen LogP contribution in [-0.2, 0) is 16.9 Å². The van der Waals surface area contributed by atoms with Gasteiger partial charge in [0, 0.05) is 35.3 Å². The Hall–Kier alpha value is -2.60. The number of nitrogens with one attached hydrogen (secondary N) is 1. The molecule has 0 aliphatic carbocycles. The molecule has 1 spiro atoms. The monoisotopic (exact) mass is 484 g/mol. The fourth-order valence-electron chi connectivity index (χ4n) is 5.34. The van der Waals surface area contributed by atoms with Crippen LogP contribution < -0.4 is 10.1 Å². The van der Waals surface area contributed by atoms with E-state index < -0.39 is 17.3 Å². The van der Waals surface area contributed by atoms with E-state index in [0.717, 1.165) is 16.9 Å². The number of fused-ring (bicyclic) bond motifs is 2. The summed E-state index contributed by atoms with van der Waals surface area (Å²) in [4.78, 5) is 15.9. The van der Waals surface area contributed by atoms with Crippen LogP contribution in [0.3, 0.4) is 0 Å². The molecule has 1 saturated heterocycles. The van der Waals surface area contributed by atoms with Crippen LogP contribution in [0.1, 0.15) is 36.0 Å². The van der Waals surface area contributed by atoms with Gasteiger partial charge in [-0.25, -0.2) is 4.39 Å². The summed E-state index contributed by atoms with van der Waals surface area (Å²) in [5.74, 6) is -0.279. The molecule has 0 aromatic heterocycles. The summed E-state index contributed by atoms with van der Waals surface area (Å²) in [6.07, 6.45) is 0.609. The lowest BCUT2D eigenvalue weighted by Gasteiger charge is -2.38. The van der Waals surface area contributed by atoms with Crippen LogP contribution in [-0.4, -0.2) is 24.0 Å². The first kappa shape index (κ1) is 22.2. The van der Waals surface area contributed by atoms with Crippen LogP contribution in [0, 0.1) is 5.82 Å². The third-order valence-corrected chi connectivity index (χ3v) is 7.14. The Bertz CT molecular complexity index is 1230. The van der Waals surface area contributed by atoms with Crippen molar-refractivity contribution in [3.8, 4) is 5.75 Å². The Balaban J connectivity index is 1.64. The maximum atomic E-state index is 15.2. The van der Waals surface area contributed by atoms with Gasteiger partial charge in [-0.05, 0) is 54.8 Å². The molecule has 0 bridgehead atoms. The van der Waals surface area contributed by atoms with Gasteiger partial charge in [0.25, 0.3) is 0 Å². The van der Waals surface area contributed by atoms with Gasteiger partial charge < -0.3 is 10.1 Å². The van der Waals surface area contributed by atoms with Crippen molar-refractivity contribution in [1.29, 1.82) is 0 Å². The summed E-state index contributed by atoms with van der Waals surface area (Å²) in [6, 6.07) is 18.3. The van der Waals surface area contributed by atoms with Gasteiger partial charge >= 0.3 is 0 Å². The zero-order valence-corrected chi connectivity index (χ0v) is 19.6. The van der Waals surface area contributed by atoms with E-state index in [1.807, 2.05) is 37.3 Å². The third kappa shape index (κ3) is 3.59. The van der Waals surface area contributed by atoms with Crippen LogP contribution >= 0.6 is 23.2 Å². The largest absolute Gasteiger partial charge is 0.494 e. The first-order valence-electron chi connectivity index (χ1n) is 11.0. The number of hydrogen-bond donors (Lipinski definition) is 1. The number of likely N-dealkylation sites (tertiary alicyclic amines) is 1. The minimum absolute atomic E-state index is 0.0558. The fourth-order valence-corrected chi connectivity index (χ4v) is 5.69. The number of carbonyl (C=O) groups excluding carboxylic acids is 1. The van der Waals surface area contributed by atoms with Gasteiger partial charge in [0.05, 0.1) is 11.6 Å². The molecule has 1 amide bonds. The quantitative estimate of drug-likeness (QED) is 0.457. The number of hydrogen-bond acceptors (Lipinski definition) is 3. The number of halogens is 3. The SMILES string of the molecule is CCOc1cccc(CN2CC[C@H](c3cccc(Cl)c3F)[C@]23C(=O)Nc2cc(Cl)ccc23)c1. The van der Waals surface area contributed by atoms with E-state index in [1.165, 1.54) is 6.07 Å². The third-order valence-electron chi connectivity index (χ3n) is 6.62. The lowest BCUT2D eigenvalue weighted by Crippen LogP contribution is -2.49. The second-order valence-corrected chi connectivity index (χ2v) is 9.24. The molecule has 0 unspecified atom stereocenters. The maximum Gasteiger partial charge on any atom is 0.250 e. The number of ether oxygens (including phenoxy) is 1. The highest BCUT2D eigenvalue weighted by molar-refractivity contribution is 6.31. The van der Waals surface area contributed by atoms with E-state index in [9.17, 15) is 4.79 Å². The minimum Gasteiger partial charge on any atom is -0.494 e. The molecular formula is C26H23Cl2FN2O2. The number of anilines is 1. The molecule has 33 heavy (non-hydrogen) atoms. The van der Waals surface area contributed by atoms with Crippen LogP contribution in [0.5, 0.6) is 5.75 Å². The van der Waals surface area contributed by atoms with Crippen molar-refractivity contribution in [2.45, 2.75) is 31.3 Å². The van der Waals surface area contributed by atoms with Crippen LogP contribution in [0.4, 0.5) is 10.1 Å². The number of rotatable bonds is 5. The number of benzene rings is 3. The molecular weight excluding hydrogens is 462 g/mol. The van der Waals surface area contributed by atoms with Crippen molar-refractivity contribution in [3.63, 3.8) is 0 Å². The smallest absolute Gasteiger partial charge is 0.250 e. The predicted molar refractivity (Wildman–Crippen MR) is 129 cm³/mol. The van der Waals surface area contributed by atoms with Crippen LogP contribution in [0.25, 0.3) is 0 Å². The molecule has 7 heteroatoms. The van der Waals surface area contributed by atoms with Crippen molar-refractivity contribution in [3.05, 3.63) is 93.2 Å². The average Bonchev–Trinajstić information content (AvgIpc) is 3.29. The molecule has 1 N–H and O–H groups in total. The van der Waals surface area contributed by atoms with Gasteiger partial charge in [-0.3, -0.25) is 9.69 Å². The van der Waals surface area contributed by atoms with Crippen molar-refractivity contribution in [2.24, 2.45) is 0 Å². The van der Waals surface area contributed by atoms with Gasteiger partial charge in [-0.1, -0.05) is 53.5 Å². The molecule has 2 aliphatic heterocycles. The first-order valence-corrected chi connectivity index (χ1v) is 11.7. The van der Waals surface area contributed by atoms with Gasteiger partial charge in [0.1, 0.15) is 17.1 Å². The van der Waals surface area contributed by atoms with Crippen molar-refractivity contribution in [1.82, 2.24) is 4.90 Å². The predicted octanol–water partition coefficient (Wildman–Crippen LogP) is 6.37. The van der Waals surface area contributed by atoms with E-state index in [-0.39, 0.29) is 10.9 Å². The Morgan fingerprint density at radius 2 is 1.97 bits per heavy atom. The van der Waals surface area contributed by atoms with Gasteiger partial charge in [-0.15, -0.1) is 0 Å². The van der Waals surface area contributed by atoms with Gasteiger partial charge in [0.15, 0.2) is 0 Å². The Morgan fingerprint density at radius 1 is 1.15 bits per heavy atom. The van der Waals surface area contributed by atoms with Crippen LogP contribution in [0.15, 0.2) is 60.7 Å². The minimum atomic E-state index is -1.08. The summed E-state index contributed by atoms with van der Waals surface area (Å²) >= 11 is 12.4. The fraction of sp³-hybridized carbons (Fsp3) is 0.269. The molecule has 5 rings (SSSR count). The summed E-state index contributed by atoms with van der Waals surface area (Å²) in [5, 5.41) is 3.60. The molecule has 3 aromatic carbocycles. The lowest BCUT2D eigenvalue weighted by atomic mass is 9.75. The average molecular weight is 485 g/mol. The normalized spacial score (nSPS) is 21.9. The topological polar surface area (TPSA) is 41.6 Å². The standard InChI is InChI=1S/C26H23Cl2FN2O2/c1-2-33-18-6-3-5-16(13-18)15-31-12-11-20(19-7-4-8-22(28)24(19)29)26(31)21-10-9-17(27)14-23(21)30-25(26)32/h3-10,13-14,20H,2,11-12,15H2,1H3,(H,30,32)/t20-,26+/m1/s1. The summed E-state index contributed by atoms with van der Waals surface area (Å²) < 4.78 is 20.9. The number of carbonyl (C=O) groups is 1. The molecule has 1 fully saturated rings. The second kappa shape index (κ2) is 8.64. The van der Waals surface area contributed by atoms with Crippen molar-refractivity contribution >= 4 is 34.8 Å². The molecule has 0 saturated carbocycles. The van der Waals surface area contributed by atoms with Gasteiger partial charge in [-0.2, -0.15) is 0 Å². The van der Waals surface area contributed by atoms with E-state index >= 15 is 4.39 Å². The Kier molecular flexibility index (Phi) is 5.81. The molecule has 2 aliphatic rings. The van der Waals surface area contributed by atoms with Crippen molar-refractivity contribution in [2.75, 3.05) is 18.5 Å². The highest BCUT2D eigenvalue weighted by Crippen LogP contribution is 2.56. The number of nitrogens with zero attached hydrogens (tertiary/aromatic N) is 1. The molecule has 0 radical (unpaired) electrons. The summed E-state index contributed by atoms with van der Waals surface area (Å²) in [6.45, 7) is 3.64. The van der Waals surface area contributed by atoms with E-state index in [2.05, 4.69) is 10.2 Å².